The van der Waals surface area contributed by atoms with Crippen molar-refractivity contribution in [1.29, 1.82) is 0 Å². The van der Waals surface area contributed by atoms with Crippen LogP contribution in [-0.2, 0) is 20.0 Å². The van der Waals surface area contributed by atoms with Crippen molar-refractivity contribution in [2.75, 3.05) is 27.2 Å². The summed E-state index contributed by atoms with van der Waals surface area (Å²) in [5, 5.41) is 17.6. The summed E-state index contributed by atoms with van der Waals surface area (Å²) in [5.74, 6) is 2.45. The number of rotatable bonds is 5. The molecule has 27 heavy (non-hydrogen) atoms. The van der Waals surface area contributed by atoms with Crippen LogP contribution in [0.2, 0.25) is 0 Å². The number of aryl methyl sites for hydroxylation is 1. The number of nitrogens with one attached hydrogen (secondary N) is 1. The summed E-state index contributed by atoms with van der Waals surface area (Å²) in [5.41, 5.74) is 2.07. The summed E-state index contributed by atoms with van der Waals surface area (Å²) >= 11 is 0. The molecule has 1 aromatic heterocycles. The first-order valence-corrected chi connectivity index (χ1v) is 8.88. The van der Waals surface area contributed by atoms with Crippen molar-refractivity contribution in [1.82, 2.24) is 20.0 Å². The van der Waals surface area contributed by atoms with Crippen molar-refractivity contribution in [2.45, 2.75) is 19.4 Å². The smallest absolute Gasteiger partial charge is 0.193 e. The molecule has 7 nitrogen and oxygen atoms in total. The van der Waals surface area contributed by atoms with E-state index in [0.717, 1.165) is 43.2 Å². The number of methoxy groups -OCH3 is 1. The maximum Gasteiger partial charge on any atom is 0.193 e. The molecular formula is C19H28IN5O2. The van der Waals surface area contributed by atoms with Crippen LogP contribution >= 0.6 is 24.0 Å². The second-order valence-corrected chi connectivity index (χ2v) is 6.72. The fourth-order valence-electron chi connectivity index (χ4n) is 3.44. The molecule has 1 fully saturated rings. The third kappa shape index (κ3) is 5.50. The van der Waals surface area contributed by atoms with Crippen LogP contribution < -0.4 is 10.1 Å². The van der Waals surface area contributed by atoms with Crippen molar-refractivity contribution in [3.05, 3.63) is 41.7 Å². The summed E-state index contributed by atoms with van der Waals surface area (Å²) < 4.78 is 7.08. The van der Waals surface area contributed by atoms with Crippen LogP contribution in [0.25, 0.3) is 0 Å². The predicted molar refractivity (Wildman–Crippen MR) is 117 cm³/mol. The number of aromatic nitrogens is 2. The van der Waals surface area contributed by atoms with Gasteiger partial charge in [0.05, 0.1) is 13.3 Å². The van der Waals surface area contributed by atoms with E-state index in [1.807, 2.05) is 24.0 Å². The average molecular weight is 485 g/mol. The molecule has 1 aliphatic heterocycles. The van der Waals surface area contributed by atoms with Crippen molar-refractivity contribution < 1.29 is 9.84 Å². The van der Waals surface area contributed by atoms with E-state index in [1.165, 1.54) is 5.56 Å². The topological polar surface area (TPSA) is 74.9 Å². The fraction of sp³-hybridized carbons (Fsp3) is 0.474. The minimum absolute atomic E-state index is 0. The monoisotopic (exact) mass is 485 g/mol. The number of phenols is 1. The molecule has 2 heterocycles. The van der Waals surface area contributed by atoms with E-state index in [1.54, 1.807) is 26.3 Å². The van der Waals surface area contributed by atoms with Gasteiger partial charge in [-0.05, 0) is 42.5 Å². The van der Waals surface area contributed by atoms with Crippen LogP contribution in [0, 0.1) is 5.92 Å². The van der Waals surface area contributed by atoms with Gasteiger partial charge in [0.2, 0.25) is 0 Å². The van der Waals surface area contributed by atoms with Gasteiger partial charge >= 0.3 is 0 Å². The second kappa shape index (κ2) is 9.82. The van der Waals surface area contributed by atoms with E-state index < -0.39 is 0 Å². The largest absolute Gasteiger partial charge is 0.508 e. The molecule has 1 atom stereocenters. The van der Waals surface area contributed by atoms with Gasteiger partial charge in [-0.2, -0.15) is 5.10 Å². The molecule has 1 aromatic carbocycles. The summed E-state index contributed by atoms with van der Waals surface area (Å²) in [6, 6.07) is 5.24. The quantitative estimate of drug-likeness (QED) is 0.387. The van der Waals surface area contributed by atoms with E-state index >= 15 is 0 Å². The molecule has 2 aromatic rings. The van der Waals surface area contributed by atoms with Gasteiger partial charge in [0.15, 0.2) is 5.96 Å². The van der Waals surface area contributed by atoms with Gasteiger partial charge < -0.3 is 20.1 Å². The number of aromatic hydroxyl groups is 1. The number of nitrogens with zero attached hydrogens (tertiary/aromatic N) is 4. The van der Waals surface area contributed by atoms with E-state index in [-0.39, 0.29) is 29.7 Å². The Labute approximate surface area is 177 Å². The van der Waals surface area contributed by atoms with Crippen molar-refractivity contribution in [3.8, 4) is 11.5 Å². The van der Waals surface area contributed by atoms with Gasteiger partial charge in [-0.1, -0.05) is 0 Å². The van der Waals surface area contributed by atoms with Gasteiger partial charge in [0.1, 0.15) is 11.5 Å². The molecule has 0 spiro atoms. The number of phenolic OH excluding ortho intramolecular Hbond substituents is 1. The lowest BCUT2D eigenvalue weighted by atomic mass is 10.0. The third-order valence-electron chi connectivity index (χ3n) is 4.80. The Balaban J connectivity index is 0.00000261. The van der Waals surface area contributed by atoms with Gasteiger partial charge in [0.25, 0.3) is 0 Å². The zero-order valence-corrected chi connectivity index (χ0v) is 18.4. The van der Waals surface area contributed by atoms with Crippen LogP contribution in [0.5, 0.6) is 11.5 Å². The van der Waals surface area contributed by atoms with E-state index in [0.29, 0.717) is 12.5 Å². The molecule has 148 valence electrons. The van der Waals surface area contributed by atoms with Crippen LogP contribution in [0.1, 0.15) is 17.5 Å². The van der Waals surface area contributed by atoms with Crippen LogP contribution in [0.3, 0.4) is 0 Å². The van der Waals surface area contributed by atoms with Gasteiger partial charge in [0, 0.05) is 45.5 Å². The van der Waals surface area contributed by atoms with E-state index in [2.05, 4.69) is 26.5 Å². The van der Waals surface area contributed by atoms with Crippen molar-refractivity contribution in [3.63, 3.8) is 0 Å². The van der Waals surface area contributed by atoms with Gasteiger partial charge in [-0.25, -0.2) is 0 Å². The molecule has 0 bridgehead atoms. The number of aliphatic imine (C=N–C) groups is 1. The fourth-order valence-corrected chi connectivity index (χ4v) is 3.44. The standard InChI is InChI=1S/C19H27N5O2.HI/c1-20-19(21-11-16-9-17(26-3)4-5-18(16)25)24-7-6-14(13-24)8-15-10-22-23(2)12-15;/h4-5,9-10,12,14,25H,6-8,11,13H2,1-3H3,(H,20,21);1H. The normalized spacial score (nSPS) is 16.9. The Hall–Kier alpha value is -1.97. The highest BCUT2D eigenvalue weighted by atomic mass is 127. The van der Waals surface area contributed by atoms with Crippen LogP contribution in [0.15, 0.2) is 35.6 Å². The summed E-state index contributed by atoms with van der Waals surface area (Å²) in [6.45, 7) is 2.45. The number of hydrogen-bond acceptors (Lipinski definition) is 4. The minimum atomic E-state index is 0. The number of guanidine groups is 1. The first kappa shape index (κ1) is 21.3. The van der Waals surface area contributed by atoms with Gasteiger partial charge in [-0.15, -0.1) is 24.0 Å². The van der Waals surface area contributed by atoms with Crippen LogP contribution in [0.4, 0.5) is 0 Å². The lowest BCUT2D eigenvalue weighted by Crippen LogP contribution is -2.39. The number of benzene rings is 1. The molecule has 8 heteroatoms. The number of halogens is 1. The SMILES string of the molecule is CN=C(NCc1cc(OC)ccc1O)N1CCC(Cc2cnn(C)c2)C1.I. The Morgan fingerprint density at radius 1 is 1.44 bits per heavy atom. The molecular weight excluding hydrogens is 457 g/mol. The third-order valence-corrected chi connectivity index (χ3v) is 4.80. The summed E-state index contributed by atoms with van der Waals surface area (Å²) in [4.78, 5) is 6.68. The highest BCUT2D eigenvalue weighted by Gasteiger charge is 2.25. The Morgan fingerprint density at radius 3 is 2.93 bits per heavy atom. The molecule has 3 rings (SSSR count). The predicted octanol–water partition coefficient (Wildman–Crippen LogP) is 2.39. The molecule has 1 saturated heterocycles. The Kier molecular flexibility index (Phi) is 7.76. The first-order valence-electron chi connectivity index (χ1n) is 8.88. The number of likely N-dealkylation sites (tertiary alicyclic amines) is 1. The molecule has 1 unspecified atom stereocenters. The molecule has 1 aliphatic rings. The maximum atomic E-state index is 10.0. The summed E-state index contributed by atoms with van der Waals surface area (Å²) in [6.07, 6.45) is 6.21. The second-order valence-electron chi connectivity index (χ2n) is 6.72. The van der Waals surface area contributed by atoms with Crippen molar-refractivity contribution >= 4 is 29.9 Å². The number of hydrogen-bond donors (Lipinski definition) is 2. The molecule has 0 saturated carbocycles. The van der Waals surface area contributed by atoms with Crippen LogP contribution in [-0.4, -0.2) is 53.0 Å². The first-order chi connectivity index (χ1) is 12.6. The highest BCUT2D eigenvalue weighted by Crippen LogP contribution is 2.23. The van der Waals surface area contributed by atoms with E-state index in [9.17, 15) is 5.11 Å². The molecule has 0 radical (unpaired) electrons. The minimum Gasteiger partial charge on any atom is -0.508 e. The lowest BCUT2D eigenvalue weighted by Gasteiger charge is -2.22. The molecule has 2 N–H and O–H groups in total. The lowest BCUT2D eigenvalue weighted by molar-refractivity contribution is 0.410. The van der Waals surface area contributed by atoms with Crippen molar-refractivity contribution in [2.24, 2.45) is 18.0 Å². The van der Waals surface area contributed by atoms with Gasteiger partial charge in [-0.3, -0.25) is 9.67 Å². The maximum absolute atomic E-state index is 10.0. The number of ether oxygens (including phenoxy) is 1. The Morgan fingerprint density at radius 2 is 2.26 bits per heavy atom. The molecule has 0 aliphatic carbocycles. The summed E-state index contributed by atoms with van der Waals surface area (Å²) in [7, 11) is 5.36. The zero-order chi connectivity index (χ0) is 18.5. The zero-order valence-electron chi connectivity index (χ0n) is 16.1. The highest BCUT2D eigenvalue weighted by molar-refractivity contribution is 14.0. The van der Waals surface area contributed by atoms with E-state index in [4.69, 9.17) is 4.74 Å². The average Bonchev–Trinajstić information content (AvgIpc) is 3.26. The Bertz CT molecular complexity index is 777. The molecule has 0 amide bonds.